The number of alkyl halides is 2. The lowest BCUT2D eigenvalue weighted by molar-refractivity contribution is -0.383. The lowest BCUT2D eigenvalue weighted by Gasteiger charge is -2.08. The van der Waals surface area contributed by atoms with Gasteiger partial charge in [0.25, 0.3) is 11.6 Å². The standard InChI is InChI=1S/C16H12F2N2O6/c17-16(18)26-11-7-5-10(6-8-11)15(22)25-9-14(21)19-12-3-1-2-4-13(12)20(23)24/h1-8,16H,9H2,(H,19,21). The molecule has 0 aliphatic heterocycles. The Labute approximate surface area is 145 Å². The average molecular weight is 366 g/mol. The number of nitrogens with one attached hydrogen (secondary N) is 1. The Balaban J connectivity index is 1.91. The Morgan fingerprint density at radius 1 is 1.12 bits per heavy atom. The van der Waals surface area contributed by atoms with Crippen LogP contribution in [0.25, 0.3) is 0 Å². The van der Waals surface area contributed by atoms with E-state index >= 15 is 0 Å². The third-order valence-corrected chi connectivity index (χ3v) is 3.02. The molecule has 10 heteroatoms. The van der Waals surface area contributed by atoms with Gasteiger partial charge >= 0.3 is 12.6 Å². The summed E-state index contributed by atoms with van der Waals surface area (Å²) in [4.78, 5) is 33.8. The van der Waals surface area contributed by atoms with Crippen LogP contribution in [0.1, 0.15) is 10.4 Å². The van der Waals surface area contributed by atoms with E-state index < -0.39 is 30.0 Å². The average Bonchev–Trinajstić information content (AvgIpc) is 2.60. The zero-order chi connectivity index (χ0) is 19.1. The number of ether oxygens (including phenoxy) is 2. The number of carbonyl (C=O) groups is 2. The van der Waals surface area contributed by atoms with E-state index in [-0.39, 0.29) is 22.7 Å². The number of hydrogen-bond acceptors (Lipinski definition) is 6. The van der Waals surface area contributed by atoms with Gasteiger partial charge in [0.05, 0.1) is 10.5 Å². The molecule has 136 valence electrons. The monoisotopic (exact) mass is 366 g/mol. The summed E-state index contributed by atoms with van der Waals surface area (Å²) in [6, 6.07) is 10.2. The molecule has 1 amide bonds. The first-order valence-corrected chi connectivity index (χ1v) is 7.12. The topological polar surface area (TPSA) is 108 Å². The molecule has 1 N–H and O–H groups in total. The number of anilines is 1. The summed E-state index contributed by atoms with van der Waals surface area (Å²) in [5, 5.41) is 13.1. The molecular weight excluding hydrogens is 354 g/mol. The van der Waals surface area contributed by atoms with Crippen molar-refractivity contribution in [3.8, 4) is 5.75 Å². The molecule has 0 aromatic heterocycles. The molecule has 0 bridgehead atoms. The van der Waals surface area contributed by atoms with Crippen LogP contribution in [0.3, 0.4) is 0 Å². The fourth-order valence-electron chi connectivity index (χ4n) is 1.91. The maximum Gasteiger partial charge on any atom is 0.387 e. The van der Waals surface area contributed by atoms with E-state index in [0.29, 0.717) is 0 Å². The van der Waals surface area contributed by atoms with Crippen LogP contribution in [0.2, 0.25) is 0 Å². The van der Waals surface area contributed by atoms with Gasteiger partial charge in [0.2, 0.25) is 0 Å². The third kappa shape index (κ3) is 5.23. The van der Waals surface area contributed by atoms with E-state index in [1.54, 1.807) is 0 Å². The number of amides is 1. The molecule has 2 aromatic rings. The first kappa shape index (κ1) is 18.8. The predicted octanol–water partition coefficient (Wildman–Crippen LogP) is 2.99. The first-order valence-electron chi connectivity index (χ1n) is 7.12. The van der Waals surface area contributed by atoms with Crippen LogP contribution in [0.15, 0.2) is 48.5 Å². The summed E-state index contributed by atoms with van der Waals surface area (Å²) in [5.41, 5.74) is -0.320. The Hall–Kier alpha value is -3.56. The lowest BCUT2D eigenvalue weighted by Crippen LogP contribution is -2.21. The smallest absolute Gasteiger partial charge is 0.387 e. The van der Waals surface area contributed by atoms with Gasteiger partial charge in [-0.3, -0.25) is 14.9 Å². The highest BCUT2D eigenvalue weighted by atomic mass is 19.3. The fraction of sp³-hybridized carbons (Fsp3) is 0.125. The van der Waals surface area contributed by atoms with Crippen molar-refractivity contribution in [2.75, 3.05) is 11.9 Å². The molecule has 0 atom stereocenters. The van der Waals surface area contributed by atoms with E-state index in [4.69, 9.17) is 4.74 Å². The molecule has 26 heavy (non-hydrogen) atoms. The van der Waals surface area contributed by atoms with E-state index in [9.17, 15) is 28.5 Å². The second-order valence-electron chi connectivity index (χ2n) is 4.80. The van der Waals surface area contributed by atoms with Crippen LogP contribution in [0.4, 0.5) is 20.2 Å². The number of carbonyl (C=O) groups excluding carboxylic acids is 2. The van der Waals surface area contributed by atoms with E-state index in [0.717, 1.165) is 12.1 Å². The highest BCUT2D eigenvalue weighted by molar-refractivity contribution is 5.96. The number of esters is 1. The zero-order valence-electron chi connectivity index (χ0n) is 13.1. The van der Waals surface area contributed by atoms with E-state index in [1.165, 1.54) is 36.4 Å². The number of rotatable bonds is 7. The van der Waals surface area contributed by atoms with Crippen LogP contribution in [-0.4, -0.2) is 30.0 Å². The molecule has 2 aromatic carbocycles. The van der Waals surface area contributed by atoms with Gasteiger partial charge in [-0.05, 0) is 30.3 Å². The molecule has 8 nitrogen and oxygen atoms in total. The van der Waals surface area contributed by atoms with Gasteiger partial charge in [-0.1, -0.05) is 12.1 Å². The first-order chi connectivity index (χ1) is 12.4. The van der Waals surface area contributed by atoms with Crippen molar-refractivity contribution < 1.29 is 32.8 Å². The molecule has 0 spiro atoms. The SMILES string of the molecule is O=C(COC(=O)c1ccc(OC(F)F)cc1)Nc1ccccc1[N+](=O)[O-]. The van der Waals surface area contributed by atoms with Crippen LogP contribution in [0, 0.1) is 10.1 Å². The zero-order valence-corrected chi connectivity index (χ0v) is 13.1. The normalized spacial score (nSPS) is 10.3. The van der Waals surface area contributed by atoms with Crippen molar-refractivity contribution in [3.63, 3.8) is 0 Å². The Morgan fingerprint density at radius 3 is 2.38 bits per heavy atom. The Bertz CT molecular complexity index is 811. The molecule has 0 unspecified atom stereocenters. The van der Waals surface area contributed by atoms with Crippen molar-refractivity contribution in [1.82, 2.24) is 0 Å². The van der Waals surface area contributed by atoms with Crippen molar-refractivity contribution in [3.05, 3.63) is 64.2 Å². The quantitative estimate of drug-likeness (QED) is 0.458. The Morgan fingerprint density at radius 2 is 1.77 bits per heavy atom. The molecule has 0 aliphatic rings. The fourth-order valence-corrected chi connectivity index (χ4v) is 1.91. The predicted molar refractivity (Wildman–Crippen MR) is 85.1 cm³/mol. The summed E-state index contributed by atoms with van der Waals surface area (Å²) >= 11 is 0. The number of hydrogen-bond donors (Lipinski definition) is 1. The van der Waals surface area contributed by atoms with Crippen molar-refractivity contribution in [1.29, 1.82) is 0 Å². The van der Waals surface area contributed by atoms with Gasteiger partial charge in [0.1, 0.15) is 11.4 Å². The second kappa shape index (κ2) is 8.51. The molecule has 0 saturated heterocycles. The van der Waals surface area contributed by atoms with Crippen LogP contribution in [0.5, 0.6) is 5.75 Å². The minimum absolute atomic E-state index is 0.0186. The molecule has 2 rings (SSSR count). The Kier molecular flexibility index (Phi) is 6.15. The summed E-state index contributed by atoms with van der Waals surface area (Å²) in [5.74, 6) is -1.78. The van der Waals surface area contributed by atoms with Gasteiger partial charge in [-0.15, -0.1) is 0 Å². The number of nitro benzene ring substituents is 1. The largest absolute Gasteiger partial charge is 0.452 e. The number of nitro groups is 1. The van der Waals surface area contributed by atoms with Crippen LogP contribution >= 0.6 is 0 Å². The second-order valence-corrected chi connectivity index (χ2v) is 4.80. The van der Waals surface area contributed by atoms with Crippen LogP contribution < -0.4 is 10.1 Å². The molecule has 0 aliphatic carbocycles. The van der Waals surface area contributed by atoms with E-state index in [2.05, 4.69) is 10.1 Å². The maximum absolute atomic E-state index is 12.0. The molecule has 0 heterocycles. The highest BCUT2D eigenvalue weighted by Crippen LogP contribution is 2.23. The van der Waals surface area contributed by atoms with Gasteiger partial charge in [-0.25, -0.2) is 4.79 Å². The molecule has 0 saturated carbocycles. The van der Waals surface area contributed by atoms with Crippen molar-refractivity contribution in [2.24, 2.45) is 0 Å². The van der Waals surface area contributed by atoms with Crippen LogP contribution in [-0.2, 0) is 9.53 Å². The van der Waals surface area contributed by atoms with Gasteiger partial charge in [-0.2, -0.15) is 8.78 Å². The molecule has 0 radical (unpaired) electrons. The number of benzene rings is 2. The molecular formula is C16H12F2N2O6. The summed E-state index contributed by atoms with van der Waals surface area (Å²) in [6.45, 7) is -3.67. The van der Waals surface area contributed by atoms with Crippen molar-refractivity contribution >= 4 is 23.3 Å². The lowest BCUT2D eigenvalue weighted by atomic mass is 10.2. The van der Waals surface area contributed by atoms with Crippen molar-refractivity contribution in [2.45, 2.75) is 6.61 Å². The summed E-state index contributed by atoms with van der Waals surface area (Å²) in [6.07, 6.45) is 0. The number of halogens is 2. The van der Waals surface area contributed by atoms with Gasteiger partial charge < -0.3 is 14.8 Å². The third-order valence-electron chi connectivity index (χ3n) is 3.02. The summed E-state index contributed by atoms with van der Waals surface area (Å²) in [7, 11) is 0. The van der Waals surface area contributed by atoms with Gasteiger partial charge in [0.15, 0.2) is 6.61 Å². The van der Waals surface area contributed by atoms with E-state index in [1.807, 2.05) is 0 Å². The minimum Gasteiger partial charge on any atom is -0.452 e. The maximum atomic E-state index is 12.0. The number of nitrogens with zero attached hydrogens (tertiary/aromatic N) is 1. The van der Waals surface area contributed by atoms with Gasteiger partial charge in [0, 0.05) is 6.07 Å². The number of para-hydroxylation sites is 2. The highest BCUT2D eigenvalue weighted by Gasteiger charge is 2.16. The molecule has 0 fully saturated rings. The summed E-state index contributed by atoms with van der Waals surface area (Å²) < 4.78 is 33.0. The minimum atomic E-state index is -2.99.